The van der Waals surface area contributed by atoms with E-state index in [0.717, 1.165) is 24.3 Å². The topological polar surface area (TPSA) is 106 Å². The molecule has 34 heavy (non-hydrogen) atoms. The van der Waals surface area contributed by atoms with Gasteiger partial charge in [0, 0.05) is 17.3 Å². The molecule has 1 amide bonds. The van der Waals surface area contributed by atoms with E-state index in [2.05, 4.69) is 15.4 Å². The molecule has 0 aliphatic heterocycles. The molecule has 1 atom stereocenters. The molecule has 0 saturated heterocycles. The lowest BCUT2D eigenvalue weighted by molar-refractivity contribution is -0.112. The van der Waals surface area contributed by atoms with Crippen molar-refractivity contribution in [2.45, 2.75) is 12.0 Å². The van der Waals surface area contributed by atoms with Crippen molar-refractivity contribution in [1.29, 1.82) is 0 Å². The minimum Gasteiger partial charge on any atom is -0.385 e. The number of nitrogens with zero attached hydrogens (tertiary/aromatic N) is 3. The van der Waals surface area contributed by atoms with Gasteiger partial charge in [-0.25, -0.2) is 13.3 Å². The van der Waals surface area contributed by atoms with Crippen molar-refractivity contribution < 1.29 is 27.5 Å². The number of nitrogens with one attached hydrogen (secondary N) is 1. The number of pyridine rings is 1. The molecule has 2 aromatic heterocycles. The van der Waals surface area contributed by atoms with Gasteiger partial charge < -0.3 is 16.2 Å². The minimum atomic E-state index is -3.80. The molecule has 2 heterocycles. The standard InChI is InChI=1S/C22H16ClF4N5O2/c23-15-6-5-14(11-7-8-32-17(9-11)30-21(28)31-32)19(25)18(15)20(34)29-10-16(33)22(26,27)12-1-3-13(24)4-2-12/h1-9,16,33H,10H2,(H2,28,31)(H,29,34)/t16-/m1/s1. The van der Waals surface area contributed by atoms with Crippen LogP contribution in [-0.4, -0.2) is 38.3 Å². The highest BCUT2D eigenvalue weighted by molar-refractivity contribution is 6.34. The number of hydrogen-bond acceptors (Lipinski definition) is 5. The smallest absolute Gasteiger partial charge is 0.300 e. The quantitative estimate of drug-likeness (QED) is 0.354. The predicted molar refractivity (Wildman–Crippen MR) is 116 cm³/mol. The number of anilines is 1. The first-order valence-electron chi connectivity index (χ1n) is 9.78. The summed E-state index contributed by atoms with van der Waals surface area (Å²) in [6, 6.07) is 8.91. The van der Waals surface area contributed by atoms with E-state index in [4.69, 9.17) is 17.3 Å². The minimum absolute atomic E-state index is 0.00388. The Balaban J connectivity index is 1.56. The average Bonchev–Trinajstić information content (AvgIpc) is 3.17. The highest BCUT2D eigenvalue weighted by Crippen LogP contribution is 2.33. The van der Waals surface area contributed by atoms with Gasteiger partial charge in [0.2, 0.25) is 5.95 Å². The summed E-state index contributed by atoms with van der Waals surface area (Å²) in [5, 5.41) is 15.7. The summed E-state index contributed by atoms with van der Waals surface area (Å²) < 4.78 is 58.6. The average molecular weight is 494 g/mol. The lowest BCUT2D eigenvalue weighted by atomic mass is 10.0. The molecule has 0 unspecified atom stereocenters. The Morgan fingerprint density at radius 1 is 1.18 bits per heavy atom. The first kappa shape index (κ1) is 23.5. The number of nitrogen functional groups attached to an aromatic ring is 1. The number of halogens is 5. The number of alkyl halides is 2. The van der Waals surface area contributed by atoms with Crippen LogP contribution in [0.5, 0.6) is 0 Å². The van der Waals surface area contributed by atoms with Crippen LogP contribution in [0.15, 0.2) is 54.7 Å². The Labute approximate surface area is 194 Å². The van der Waals surface area contributed by atoms with Crippen LogP contribution >= 0.6 is 11.6 Å². The number of amides is 1. The van der Waals surface area contributed by atoms with Crippen LogP contribution in [0.2, 0.25) is 5.02 Å². The molecular weight excluding hydrogens is 478 g/mol. The van der Waals surface area contributed by atoms with Crippen molar-refractivity contribution in [3.05, 3.63) is 82.5 Å². The lowest BCUT2D eigenvalue weighted by Crippen LogP contribution is -2.41. The number of aliphatic hydroxyl groups is 1. The number of carbonyl (C=O) groups excluding carboxylic acids is 1. The van der Waals surface area contributed by atoms with Gasteiger partial charge in [-0.05, 0) is 42.0 Å². The van der Waals surface area contributed by atoms with Gasteiger partial charge in [-0.2, -0.15) is 13.8 Å². The fourth-order valence-electron chi connectivity index (χ4n) is 3.32. The van der Waals surface area contributed by atoms with E-state index in [1.54, 1.807) is 0 Å². The van der Waals surface area contributed by atoms with Crippen LogP contribution < -0.4 is 11.1 Å². The number of nitrogens with two attached hydrogens (primary N) is 1. The molecule has 7 nitrogen and oxygen atoms in total. The van der Waals surface area contributed by atoms with Gasteiger partial charge in [-0.3, -0.25) is 4.79 Å². The summed E-state index contributed by atoms with van der Waals surface area (Å²) in [6.45, 7) is -0.922. The third-order valence-corrected chi connectivity index (χ3v) is 5.40. The Kier molecular flexibility index (Phi) is 6.15. The van der Waals surface area contributed by atoms with Crippen LogP contribution in [0.3, 0.4) is 0 Å². The number of hydrogen-bond donors (Lipinski definition) is 3. The Morgan fingerprint density at radius 3 is 2.59 bits per heavy atom. The number of carbonyl (C=O) groups is 1. The van der Waals surface area contributed by atoms with Crippen LogP contribution in [0, 0.1) is 11.6 Å². The van der Waals surface area contributed by atoms with Crippen molar-refractivity contribution in [1.82, 2.24) is 19.9 Å². The molecule has 4 aromatic rings. The zero-order chi connectivity index (χ0) is 24.6. The molecule has 4 N–H and O–H groups in total. The number of aliphatic hydroxyl groups excluding tert-OH is 1. The van der Waals surface area contributed by atoms with Gasteiger partial charge in [0.25, 0.3) is 11.8 Å². The first-order valence-corrected chi connectivity index (χ1v) is 10.2. The van der Waals surface area contributed by atoms with Crippen LogP contribution in [0.1, 0.15) is 15.9 Å². The van der Waals surface area contributed by atoms with E-state index in [1.807, 2.05) is 0 Å². The zero-order valence-corrected chi connectivity index (χ0v) is 17.9. The second-order valence-electron chi connectivity index (χ2n) is 7.33. The first-order chi connectivity index (χ1) is 16.1. The van der Waals surface area contributed by atoms with Crippen LogP contribution in [0.25, 0.3) is 16.8 Å². The van der Waals surface area contributed by atoms with Gasteiger partial charge in [0.15, 0.2) is 5.65 Å². The van der Waals surface area contributed by atoms with Crippen LogP contribution in [-0.2, 0) is 5.92 Å². The molecule has 0 spiro atoms. The van der Waals surface area contributed by atoms with E-state index in [-0.39, 0.29) is 16.5 Å². The Morgan fingerprint density at radius 2 is 1.88 bits per heavy atom. The SMILES string of the molecule is Nc1nc2cc(-c3ccc(Cl)c(C(=O)NC[C@@H](O)C(F)(F)c4ccc(F)cc4)c3F)ccn2n1. The highest BCUT2D eigenvalue weighted by Gasteiger charge is 2.40. The molecule has 0 aliphatic carbocycles. The van der Waals surface area contributed by atoms with Gasteiger partial charge in [-0.15, -0.1) is 5.10 Å². The Hall–Kier alpha value is -3.70. The molecule has 0 fully saturated rings. The van der Waals surface area contributed by atoms with Crippen molar-refractivity contribution in [3.8, 4) is 11.1 Å². The van der Waals surface area contributed by atoms with Gasteiger partial charge in [0.1, 0.15) is 17.7 Å². The lowest BCUT2D eigenvalue weighted by Gasteiger charge is -2.23. The van der Waals surface area contributed by atoms with E-state index >= 15 is 4.39 Å². The van der Waals surface area contributed by atoms with E-state index in [0.29, 0.717) is 11.2 Å². The van der Waals surface area contributed by atoms with Crippen LogP contribution in [0.4, 0.5) is 23.5 Å². The number of fused-ring (bicyclic) bond motifs is 1. The Bertz CT molecular complexity index is 1380. The van der Waals surface area contributed by atoms with Gasteiger partial charge >= 0.3 is 0 Å². The fourth-order valence-corrected chi connectivity index (χ4v) is 3.55. The maximum absolute atomic E-state index is 15.3. The number of aromatic nitrogens is 3. The third-order valence-electron chi connectivity index (χ3n) is 5.09. The van der Waals surface area contributed by atoms with E-state index < -0.39 is 47.2 Å². The molecule has 0 aliphatic rings. The summed E-state index contributed by atoms with van der Waals surface area (Å²) in [5.74, 6) is -6.61. The molecule has 176 valence electrons. The van der Waals surface area contributed by atoms with Crippen molar-refractivity contribution >= 4 is 29.1 Å². The molecule has 0 bridgehead atoms. The number of rotatable bonds is 6. The summed E-state index contributed by atoms with van der Waals surface area (Å²) in [5.41, 5.74) is 4.98. The summed E-state index contributed by atoms with van der Waals surface area (Å²) in [6.07, 6.45) is -0.872. The molecule has 12 heteroatoms. The maximum atomic E-state index is 15.3. The second-order valence-corrected chi connectivity index (χ2v) is 7.73. The normalized spacial score (nSPS) is 12.6. The van der Waals surface area contributed by atoms with Crippen molar-refractivity contribution in [2.75, 3.05) is 12.3 Å². The summed E-state index contributed by atoms with van der Waals surface area (Å²) in [7, 11) is 0. The summed E-state index contributed by atoms with van der Waals surface area (Å²) >= 11 is 6.01. The second kappa shape index (κ2) is 8.92. The monoisotopic (exact) mass is 493 g/mol. The maximum Gasteiger partial charge on any atom is 0.300 e. The number of benzene rings is 2. The molecule has 0 saturated carbocycles. The van der Waals surface area contributed by atoms with Gasteiger partial charge in [-0.1, -0.05) is 23.7 Å². The molecular formula is C22H16ClF4N5O2. The molecule has 2 aromatic carbocycles. The predicted octanol–water partition coefficient (Wildman–Crippen LogP) is 3.79. The van der Waals surface area contributed by atoms with Crippen molar-refractivity contribution in [2.24, 2.45) is 0 Å². The highest BCUT2D eigenvalue weighted by atomic mass is 35.5. The zero-order valence-electron chi connectivity index (χ0n) is 17.1. The van der Waals surface area contributed by atoms with Crippen molar-refractivity contribution in [3.63, 3.8) is 0 Å². The van der Waals surface area contributed by atoms with E-state index in [1.165, 1.54) is 35.0 Å². The third kappa shape index (κ3) is 4.39. The summed E-state index contributed by atoms with van der Waals surface area (Å²) in [4.78, 5) is 16.6. The fraction of sp³-hybridized carbons (Fsp3) is 0.136. The van der Waals surface area contributed by atoms with Gasteiger partial charge in [0.05, 0.1) is 17.1 Å². The molecule has 0 radical (unpaired) electrons. The molecule has 4 rings (SSSR count). The largest absolute Gasteiger partial charge is 0.385 e. The van der Waals surface area contributed by atoms with E-state index in [9.17, 15) is 23.1 Å².